The summed E-state index contributed by atoms with van der Waals surface area (Å²) in [4.78, 5) is 38.4. The van der Waals surface area contributed by atoms with Crippen molar-refractivity contribution >= 4 is 35.1 Å². The molecule has 1 aliphatic heterocycles. The lowest BCUT2D eigenvalue weighted by molar-refractivity contribution is -0.129. The molecular formula is C21H22ClN3O3. The molecule has 3 rings (SSSR count). The smallest absolute Gasteiger partial charge is 0.325 e. The summed E-state index contributed by atoms with van der Waals surface area (Å²) in [6, 6.07) is 13.1. The Balaban J connectivity index is 1.58. The second-order valence-electron chi connectivity index (χ2n) is 6.85. The van der Waals surface area contributed by atoms with Crippen LogP contribution in [0.5, 0.6) is 0 Å². The van der Waals surface area contributed by atoms with Crippen LogP contribution in [-0.2, 0) is 9.59 Å². The first-order chi connectivity index (χ1) is 13.4. The van der Waals surface area contributed by atoms with Crippen molar-refractivity contribution in [1.82, 2.24) is 10.2 Å². The molecule has 2 aromatic carbocycles. The number of hydrogen-bond donors (Lipinski definition) is 2. The largest absolute Gasteiger partial charge is 0.326 e. The molecule has 7 heteroatoms. The third kappa shape index (κ3) is 4.34. The van der Waals surface area contributed by atoms with Crippen molar-refractivity contribution in [3.63, 3.8) is 0 Å². The van der Waals surface area contributed by atoms with Gasteiger partial charge in [0.1, 0.15) is 6.04 Å². The maximum Gasteiger partial charge on any atom is 0.325 e. The van der Waals surface area contributed by atoms with E-state index in [0.29, 0.717) is 10.7 Å². The average Bonchev–Trinajstić information content (AvgIpc) is 2.96. The number of halogens is 1. The number of urea groups is 1. The first-order valence-corrected chi connectivity index (χ1v) is 9.49. The SMILES string of the molecule is Cc1ccc(NC(=O)CC[C@@H]2NC(=O)N([C@@H](C)c3ccccc3)C2=O)cc1Cl. The Morgan fingerprint density at radius 2 is 1.93 bits per heavy atom. The van der Waals surface area contributed by atoms with Gasteiger partial charge in [-0.05, 0) is 43.5 Å². The number of nitrogens with zero attached hydrogens (tertiary/aromatic N) is 1. The molecule has 0 bridgehead atoms. The second-order valence-corrected chi connectivity index (χ2v) is 7.25. The zero-order valence-corrected chi connectivity index (χ0v) is 16.5. The van der Waals surface area contributed by atoms with Gasteiger partial charge in [-0.15, -0.1) is 0 Å². The summed E-state index contributed by atoms with van der Waals surface area (Å²) in [5.41, 5.74) is 2.40. The number of imide groups is 1. The molecule has 146 valence electrons. The molecule has 2 N–H and O–H groups in total. The fourth-order valence-electron chi connectivity index (χ4n) is 3.16. The van der Waals surface area contributed by atoms with Gasteiger partial charge >= 0.3 is 6.03 Å². The zero-order chi connectivity index (χ0) is 20.3. The first-order valence-electron chi connectivity index (χ1n) is 9.11. The summed E-state index contributed by atoms with van der Waals surface area (Å²) >= 11 is 6.06. The minimum absolute atomic E-state index is 0.107. The molecule has 28 heavy (non-hydrogen) atoms. The van der Waals surface area contributed by atoms with Crippen molar-refractivity contribution in [2.75, 3.05) is 5.32 Å². The fraction of sp³-hybridized carbons (Fsp3) is 0.286. The van der Waals surface area contributed by atoms with Crippen LogP contribution in [0.15, 0.2) is 48.5 Å². The topological polar surface area (TPSA) is 78.5 Å². The van der Waals surface area contributed by atoms with Gasteiger partial charge in [-0.2, -0.15) is 0 Å². The number of nitrogens with one attached hydrogen (secondary N) is 2. The maximum absolute atomic E-state index is 12.7. The molecule has 0 aliphatic carbocycles. The lowest BCUT2D eigenvalue weighted by Gasteiger charge is -2.21. The maximum atomic E-state index is 12.7. The lowest BCUT2D eigenvalue weighted by Crippen LogP contribution is -2.34. The van der Waals surface area contributed by atoms with E-state index in [4.69, 9.17) is 11.6 Å². The predicted molar refractivity (Wildman–Crippen MR) is 108 cm³/mol. The van der Waals surface area contributed by atoms with Crippen molar-refractivity contribution in [2.45, 2.75) is 38.8 Å². The Morgan fingerprint density at radius 3 is 2.61 bits per heavy atom. The molecule has 6 nitrogen and oxygen atoms in total. The Bertz CT molecular complexity index is 901. The van der Waals surface area contributed by atoms with Crippen LogP contribution in [0.1, 0.15) is 36.9 Å². The molecule has 4 amide bonds. The highest BCUT2D eigenvalue weighted by atomic mass is 35.5. The molecule has 1 heterocycles. The van der Waals surface area contributed by atoms with Crippen LogP contribution in [0.3, 0.4) is 0 Å². The number of amides is 4. The number of carbonyl (C=O) groups excluding carboxylic acids is 3. The van der Waals surface area contributed by atoms with Crippen molar-refractivity contribution < 1.29 is 14.4 Å². The average molecular weight is 400 g/mol. The van der Waals surface area contributed by atoms with E-state index < -0.39 is 12.1 Å². The van der Waals surface area contributed by atoms with Crippen molar-refractivity contribution in [1.29, 1.82) is 0 Å². The highest BCUT2D eigenvalue weighted by Gasteiger charge is 2.40. The van der Waals surface area contributed by atoms with E-state index in [1.54, 1.807) is 12.1 Å². The summed E-state index contributed by atoms with van der Waals surface area (Å²) in [5.74, 6) is -0.552. The minimum Gasteiger partial charge on any atom is -0.326 e. The van der Waals surface area contributed by atoms with Gasteiger partial charge in [0.25, 0.3) is 5.91 Å². The van der Waals surface area contributed by atoms with E-state index in [0.717, 1.165) is 11.1 Å². The molecule has 0 saturated carbocycles. The number of benzene rings is 2. The van der Waals surface area contributed by atoms with Gasteiger partial charge in [0, 0.05) is 17.1 Å². The van der Waals surface area contributed by atoms with Gasteiger partial charge in [-0.25, -0.2) is 4.79 Å². The van der Waals surface area contributed by atoms with E-state index in [1.807, 2.05) is 50.2 Å². The molecule has 2 atom stereocenters. The predicted octanol–water partition coefficient (Wildman–Crippen LogP) is 4.05. The minimum atomic E-state index is -0.703. The van der Waals surface area contributed by atoms with Crippen LogP contribution in [0.4, 0.5) is 10.5 Å². The van der Waals surface area contributed by atoms with Gasteiger partial charge < -0.3 is 10.6 Å². The molecule has 0 unspecified atom stereocenters. The molecule has 2 aromatic rings. The molecule has 1 saturated heterocycles. The van der Waals surface area contributed by atoms with E-state index in [9.17, 15) is 14.4 Å². The standard InChI is InChI=1S/C21H22ClN3O3/c1-13-8-9-16(12-17(13)22)23-19(26)11-10-18-20(27)25(21(28)24-18)14(2)15-6-4-3-5-7-15/h3-9,12,14,18H,10-11H2,1-2H3,(H,23,26)(H,24,28)/t14-,18-/m0/s1. The quantitative estimate of drug-likeness (QED) is 0.719. The van der Waals surface area contributed by atoms with Crippen molar-refractivity contribution in [2.24, 2.45) is 0 Å². The van der Waals surface area contributed by atoms with Gasteiger partial charge in [-0.3, -0.25) is 14.5 Å². The van der Waals surface area contributed by atoms with Crippen LogP contribution in [0.2, 0.25) is 5.02 Å². The molecule has 1 aliphatic rings. The molecule has 0 spiro atoms. The Hall–Kier alpha value is -2.86. The Labute approximate surface area is 168 Å². The van der Waals surface area contributed by atoms with Crippen molar-refractivity contribution in [3.8, 4) is 0 Å². The molecular weight excluding hydrogens is 378 g/mol. The van der Waals surface area contributed by atoms with Gasteiger partial charge in [-0.1, -0.05) is 48.0 Å². The highest BCUT2D eigenvalue weighted by Crippen LogP contribution is 2.25. The van der Waals surface area contributed by atoms with E-state index >= 15 is 0 Å². The summed E-state index contributed by atoms with van der Waals surface area (Å²) < 4.78 is 0. The number of hydrogen-bond acceptors (Lipinski definition) is 3. The lowest BCUT2D eigenvalue weighted by atomic mass is 10.1. The van der Waals surface area contributed by atoms with Gasteiger partial charge in [0.05, 0.1) is 6.04 Å². The third-order valence-electron chi connectivity index (χ3n) is 4.84. The second kappa shape index (κ2) is 8.44. The molecule has 0 radical (unpaired) electrons. The normalized spacial score (nSPS) is 17.4. The number of aryl methyl sites for hydroxylation is 1. The molecule has 1 fully saturated rings. The summed E-state index contributed by atoms with van der Waals surface area (Å²) in [6.07, 6.45) is 0.337. The zero-order valence-electron chi connectivity index (χ0n) is 15.7. The van der Waals surface area contributed by atoms with Gasteiger partial charge in [0.2, 0.25) is 5.91 Å². The van der Waals surface area contributed by atoms with E-state index in [2.05, 4.69) is 10.6 Å². The first kappa shape index (κ1) is 19.9. The summed E-state index contributed by atoms with van der Waals surface area (Å²) in [5, 5.41) is 6.01. The molecule has 0 aromatic heterocycles. The van der Waals surface area contributed by atoms with Crippen LogP contribution < -0.4 is 10.6 Å². The Kier molecular flexibility index (Phi) is 5.99. The highest BCUT2D eigenvalue weighted by molar-refractivity contribution is 6.31. The van der Waals surface area contributed by atoms with Crippen LogP contribution in [0, 0.1) is 6.92 Å². The number of rotatable bonds is 6. The van der Waals surface area contributed by atoms with Crippen LogP contribution in [-0.4, -0.2) is 28.8 Å². The number of anilines is 1. The monoisotopic (exact) mass is 399 g/mol. The van der Waals surface area contributed by atoms with Gasteiger partial charge in [0.15, 0.2) is 0 Å². The summed E-state index contributed by atoms with van der Waals surface area (Å²) in [6.45, 7) is 3.69. The van der Waals surface area contributed by atoms with E-state index in [1.165, 1.54) is 4.90 Å². The van der Waals surface area contributed by atoms with Crippen LogP contribution >= 0.6 is 11.6 Å². The number of carbonyl (C=O) groups is 3. The van der Waals surface area contributed by atoms with Crippen LogP contribution in [0.25, 0.3) is 0 Å². The van der Waals surface area contributed by atoms with E-state index in [-0.39, 0.29) is 30.7 Å². The third-order valence-corrected chi connectivity index (χ3v) is 5.24. The fourth-order valence-corrected chi connectivity index (χ4v) is 3.34. The van der Waals surface area contributed by atoms with Crippen molar-refractivity contribution in [3.05, 3.63) is 64.7 Å². The summed E-state index contributed by atoms with van der Waals surface area (Å²) in [7, 11) is 0. The Morgan fingerprint density at radius 1 is 1.21 bits per heavy atom.